The lowest BCUT2D eigenvalue weighted by Gasteiger charge is -2.27. The molecule has 0 aromatic heterocycles. The number of alkyl carbamates (subject to hydrolysis) is 1. The molecule has 0 aliphatic heterocycles. The van der Waals surface area contributed by atoms with Crippen LogP contribution < -0.4 is 21.3 Å². The van der Waals surface area contributed by atoms with E-state index in [0.29, 0.717) is 19.4 Å². The van der Waals surface area contributed by atoms with Gasteiger partial charge in [0.25, 0.3) is 0 Å². The highest BCUT2D eigenvalue weighted by atomic mass is 32.1. The van der Waals surface area contributed by atoms with E-state index in [9.17, 15) is 19.2 Å². The highest BCUT2D eigenvalue weighted by molar-refractivity contribution is 7.80. The Hall–Kier alpha value is -3.53. The number of rotatable bonds is 15. The lowest BCUT2D eigenvalue weighted by atomic mass is 10.00. The zero-order chi connectivity index (χ0) is 29.5. The Morgan fingerprint density at radius 2 is 1.32 bits per heavy atom. The summed E-state index contributed by atoms with van der Waals surface area (Å²) in [4.78, 5) is 51.6. The lowest BCUT2D eigenvalue weighted by molar-refractivity contribution is -0.133. The molecule has 0 aliphatic rings. The molecule has 0 radical (unpaired) electrons. The van der Waals surface area contributed by atoms with E-state index in [1.165, 1.54) is 0 Å². The predicted octanol–water partition coefficient (Wildman–Crippen LogP) is 3.24. The molecule has 3 atom stereocenters. The third-order valence-electron chi connectivity index (χ3n) is 6.15. The largest absolute Gasteiger partial charge is 0.445 e. The number of hydrogen-bond donors (Lipinski definition) is 5. The Kier molecular flexibility index (Phi) is 14.1. The SMILES string of the molecule is CC(C)C[C@H](NC(=O)[C@@H](NC(=O)OCc1ccccc1)C(C)C)C(=O)N[C@@H](CS)C(=O)NCCc1ccccc1. The van der Waals surface area contributed by atoms with Crippen molar-refractivity contribution in [2.45, 2.75) is 65.3 Å². The minimum atomic E-state index is -0.923. The summed E-state index contributed by atoms with van der Waals surface area (Å²) < 4.78 is 5.27. The molecule has 0 saturated heterocycles. The maximum atomic E-state index is 13.2. The number of thiol groups is 1. The summed E-state index contributed by atoms with van der Waals surface area (Å²) in [7, 11) is 0. The molecule has 40 heavy (non-hydrogen) atoms. The van der Waals surface area contributed by atoms with Gasteiger partial charge in [-0.3, -0.25) is 14.4 Å². The van der Waals surface area contributed by atoms with Crippen LogP contribution in [0.25, 0.3) is 0 Å². The van der Waals surface area contributed by atoms with Crippen LogP contribution in [-0.2, 0) is 32.1 Å². The van der Waals surface area contributed by atoms with Crippen LogP contribution in [0.5, 0.6) is 0 Å². The van der Waals surface area contributed by atoms with Gasteiger partial charge in [-0.25, -0.2) is 4.79 Å². The fraction of sp³-hybridized carbons (Fsp3) is 0.467. The topological polar surface area (TPSA) is 126 Å². The van der Waals surface area contributed by atoms with E-state index >= 15 is 0 Å². The van der Waals surface area contributed by atoms with Crippen LogP contribution in [0.15, 0.2) is 60.7 Å². The normalized spacial score (nSPS) is 13.2. The molecule has 0 fully saturated rings. The first-order chi connectivity index (χ1) is 19.1. The molecular weight excluding hydrogens is 528 g/mol. The second-order valence-corrected chi connectivity index (χ2v) is 10.8. The van der Waals surface area contributed by atoms with Gasteiger partial charge in [0.05, 0.1) is 0 Å². The molecular formula is C30H42N4O5S. The van der Waals surface area contributed by atoms with Crippen molar-refractivity contribution in [2.24, 2.45) is 11.8 Å². The van der Waals surface area contributed by atoms with Crippen molar-refractivity contribution in [3.05, 3.63) is 71.8 Å². The van der Waals surface area contributed by atoms with Gasteiger partial charge in [-0.15, -0.1) is 0 Å². The molecule has 9 nitrogen and oxygen atoms in total. The van der Waals surface area contributed by atoms with Crippen LogP contribution in [0.3, 0.4) is 0 Å². The van der Waals surface area contributed by atoms with Crippen molar-refractivity contribution in [2.75, 3.05) is 12.3 Å². The molecule has 0 bridgehead atoms. The fourth-order valence-electron chi connectivity index (χ4n) is 3.96. The van der Waals surface area contributed by atoms with Crippen molar-refractivity contribution in [3.8, 4) is 0 Å². The number of benzene rings is 2. The molecule has 0 spiro atoms. The first kappa shape index (κ1) is 32.7. The van der Waals surface area contributed by atoms with Gasteiger partial charge in [-0.1, -0.05) is 88.4 Å². The number of hydrogen-bond acceptors (Lipinski definition) is 6. The maximum absolute atomic E-state index is 13.2. The minimum absolute atomic E-state index is 0.0655. The molecule has 10 heteroatoms. The van der Waals surface area contributed by atoms with Crippen molar-refractivity contribution in [1.82, 2.24) is 21.3 Å². The van der Waals surface area contributed by atoms with Crippen LogP contribution in [0.2, 0.25) is 0 Å². The molecule has 0 saturated carbocycles. The Morgan fingerprint density at radius 3 is 1.88 bits per heavy atom. The van der Waals surface area contributed by atoms with Crippen LogP contribution >= 0.6 is 12.6 Å². The molecule has 2 aromatic rings. The summed E-state index contributed by atoms with van der Waals surface area (Å²) in [5.74, 6) is -1.46. The van der Waals surface area contributed by atoms with E-state index in [-0.39, 0.29) is 30.1 Å². The standard InChI is InChI=1S/C30H42N4O5S/c1-20(2)17-24(28(36)33-25(19-40)27(35)31-16-15-22-11-7-5-8-12-22)32-29(37)26(21(3)4)34-30(38)39-18-23-13-9-6-10-14-23/h5-14,20-21,24-26,40H,15-19H2,1-4H3,(H,31,35)(H,32,37)(H,33,36)(H,34,38)/t24-,25-,26-/m0/s1. The van der Waals surface area contributed by atoms with E-state index in [4.69, 9.17) is 4.74 Å². The van der Waals surface area contributed by atoms with Crippen molar-refractivity contribution < 1.29 is 23.9 Å². The molecule has 218 valence electrons. The zero-order valence-corrected chi connectivity index (χ0v) is 24.6. The first-order valence-electron chi connectivity index (χ1n) is 13.6. The third kappa shape index (κ3) is 11.7. The number of nitrogens with one attached hydrogen (secondary N) is 4. The zero-order valence-electron chi connectivity index (χ0n) is 23.7. The van der Waals surface area contributed by atoms with E-state index < -0.39 is 36.0 Å². The second-order valence-electron chi connectivity index (χ2n) is 10.4. The number of ether oxygens (including phenoxy) is 1. The minimum Gasteiger partial charge on any atom is -0.445 e. The number of amides is 4. The highest BCUT2D eigenvalue weighted by Crippen LogP contribution is 2.10. The van der Waals surface area contributed by atoms with Gasteiger partial charge in [0.2, 0.25) is 17.7 Å². The smallest absolute Gasteiger partial charge is 0.408 e. The fourth-order valence-corrected chi connectivity index (χ4v) is 4.21. The molecule has 2 aromatic carbocycles. The quantitative estimate of drug-likeness (QED) is 0.210. The van der Waals surface area contributed by atoms with Gasteiger partial charge in [-0.05, 0) is 35.8 Å². The highest BCUT2D eigenvalue weighted by Gasteiger charge is 2.31. The molecule has 0 heterocycles. The van der Waals surface area contributed by atoms with Crippen molar-refractivity contribution in [3.63, 3.8) is 0 Å². The Bertz CT molecular complexity index is 1080. The van der Waals surface area contributed by atoms with Gasteiger partial charge >= 0.3 is 6.09 Å². The van der Waals surface area contributed by atoms with Gasteiger partial charge < -0.3 is 26.0 Å². The monoisotopic (exact) mass is 570 g/mol. The summed E-state index contributed by atoms with van der Waals surface area (Å²) in [5, 5.41) is 10.9. The van der Waals surface area contributed by atoms with E-state index in [1.807, 2.05) is 74.5 Å². The maximum Gasteiger partial charge on any atom is 0.408 e. The van der Waals surface area contributed by atoms with Crippen molar-refractivity contribution >= 4 is 36.4 Å². The van der Waals surface area contributed by atoms with Crippen LogP contribution in [0.1, 0.15) is 45.2 Å². The average molecular weight is 571 g/mol. The van der Waals surface area contributed by atoms with Gasteiger partial charge in [0, 0.05) is 12.3 Å². The number of carbonyl (C=O) groups is 4. The number of carbonyl (C=O) groups excluding carboxylic acids is 4. The molecule has 4 amide bonds. The van der Waals surface area contributed by atoms with Crippen molar-refractivity contribution in [1.29, 1.82) is 0 Å². The van der Waals surface area contributed by atoms with Gasteiger partial charge in [0.1, 0.15) is 24.7 Å². The Morgan fingerprint density at radius 1 is 0.750 bits per heavy atom. The van der Waals surface area contributed by atoms with E-state index in [2.05, 4.69) is 33.9 Å². The van der Waals surface area contributed by atoms with Crippen LogP contribution in [-0.4, -0.2) is 54.2 Å². The molecule has 0 aliphatic carbocycles. The summed E-state index contributed by atoms with van der Waals surface area (Å²) >= 11 is 4.25. The second kappa shape index (κ2) is 17.2. The Balaban J connectivity index is 1.96. The predicted molar refractivity (Wildman–Crippen MR) is 159 cm³/mol. The summed E-state index contributed by atoms with van der Waals surface area (Å²) in [6.45, 7) is 7.91. The Labute approximate surface area is 242 Å². The van der Waals surface area contributed by atoms with E-state index in [0.717, 1.165) is 11.1 Å². The molecule has 0 unspecified atom stereocenters. The molecule has 2 rings (SSSR count). The molecule has 4 N–H and O–H groups in total. The summed E-state index contributed by atoms with van der Waals surface area (Å²) in [6.07, 6.45) is 0.267. The van der Waals surface area contributed by atoms with Gasteiger partial charge in [0.15, 0.2) is 0 Å². The van der Waals surface area contributed by atoms with E-state index in [1.54, 1.807) is 13.8 Å². The summed E-state index contributed by atoms with van der Waals surface area (Å²) in [5.41, 5.74) is 1.91. The van der Waals surface area contributed by atoms with Gasteiger partial charge in [-0.2, -0.15) is 12.6 Å². The first-order valence-corrected chi connectivity index (χ1v) is 14.2. The lowest BCUT2D eigenvalue weighted by Crippen LogP contribution is -2.58. The summed E-state index contributed by atoms with van der Waals surface area (Å²) in [6, 6.07) is 16.3. The average Bonchev–Trinajstić information content (AvgIpc) is 2.93. The van der Waals surface area contributed by atoms with Crippen LogP contribution in [0.4, 0.5) is 4.79 Å². The third-order valence-corrected chi connectivity index (χ3v) is 6.51. The van der Waals surface area contributed by atoms with Crippen LogP contribution in [0, 0.1) is 11.8 Å².